The molecule has 0 aliphatic carbocycles. The third kappa shape index (κ3) is 3.20. The Morgan fingerprint density at radius 1 is 1.41 bits per heavy atom. The number of rotatable bonds is 4. The molecule has 2 N–H and O–H groups in total. The number of H-pyrrole nitrogens is 1. The first-order chi connectivity index (χ1) is 12.6. The number of fused-ring (bicyclic) bond motifs is 6. The highest BCUT2D eigenvalue weighted by molar-refractivity contribution is 6.69. The van der Waals surface area contributed by atoms with E-state index in [2.05, 4.69) is 39.6 Å². The van der Waals surface area contributed by atoms with Crippen molar-refractivity contribution in [3.63, 3.8) is 0 Å². The Labute approximate surface area is 157 Å². The van der Waals surface area contributed by atoms with Crippen molar-refractivity contribution >= 4 is 31.8 Å². The maximum Gasteiger partial charge on any atom is 0.280 e. The van der Waals surface area contributed by atoms with Crippen LogP contribution in [0.4, 0.5) is 5.95 Å². The number of aliphatic hydroxyl groups is 1. The molecule has 4 atom stereocenters. The molecule has 146 valence electrons. The molecule has 0 amide bonds. The van der Waals surface area contributed by atoms with Crippen molar-refractivity contribution in [2.24, 2.45) is 4.99 Å². The van der Waals surface area contributed by atoms with Gasteiger partial charge < -0.3 is 19.2 Å². The quantitative estimate of drug-likeness (QED) is 0.451. The highest BCUT2D eigenvalue weighted by Crippen LogP contribution is 2.44. The Morgan fingerprint density at radius 3 is 2.81 bits per heavy atom. The summed E-state index contributed by atoms with van der Waals surface area (Å²) in [6, 6.07) is 0. The Kier molecular flexibility index (Phi) is 4.22. The van der Waals surface area contributed by atoms with Gasteiger partial charge >= 0.3 is 0 Å². The van der Waals surface area contributed by atoms with Gasteiger partial charge in [-0.3, -0.25) is 14.3 Å². The smallest absolute Gasteiger partial charge is 0.280 e. The van der Waals surface area contributed by atoms with Gasteiger partial charge in [-0.1, -0.05) is 0 Å². The molecular formula is C16H24N6O4Si. The van der Waals surface area contributed by atoms with Crippen molar-refractivity contribution in [2.45, 2.75) is 50.6 Å². The molecule has 11 heteroatoms. The van der Waals surface area contributed by atoms with E-state index in [1.54, 1.807) is 15.8 Å². The van der Waals surface area contributed by atoms with Crippen molar-refractivity contribution in [1.29, 1.82) is 0 Å². The van der Waals surface area contributed by atoms with E-state index in [1.165, 1.54) is 0 Å². The molecule has 2 aromatic heterocycles. The van der Waals surface area contributed by atoms with Crippen LogP contribution < -0.4 is 5.56 Å². The molecular weight excluding hydrogens is 368 g/mol. The number of aliphatic hydroxyl groups excluding tert-OH is 1. The van der Waals surface area contributed by atoms with E-state index in [1.807, 2.05) is 14.1 Å². The lowest BCUT2D eigenvalue weighted by Gasteiger charge is -2.30. The largest absolute Gasteiger partial charge is 0.412 e. The molecule has 2 aliphatic heterocycles. The van der Waals surface area contributed by atoms with Crippen LogP contribution in [0, 0.1) is 0 Å². The van der Waals surface area contributed by atoms with Crippen molar-refractivity contribution in [3.05, 3.63) is 16.2 Å². The molecule has 2 aromatic rings. The van der Waals surface area contributed by atoms with Gasteiger partial charge in [-0.15, -0.1) is 0 Å². The summed E-state index contributed by atoms with van der Waals surface area (Å²) in [5, 5.41) is 10.8. The zero-order chi connectivity index (χ0) is 19.5. The van der Waals surface area contributed by atoms with Crippen molar-refractivity contribution in [2.75, 3.05) is 14.1 Å². The first kappa shape index (κ1) is 18.3. The van der Waals surface area contributed by atoms with Crippen LogP contribution >= 0.6 is 0 Å². The fraction of sp³-hybridized carbons (Fsp3) is 0.625. The second-order valence-electron chi connectivity index (χ2n) is 8.11. The molecule has 0 unspecified atom stereocenters. The number of aromatic amines is 1. The standard InChI is InChI=1S/C16H24N6O4Si/c1-21(2)7-17-16-19-13-10(15(24)20-16)18-14-11(23)12-8(26-27(3,4)5)6-9(25-12)22(13)14/h7-9,11-12,23H,6H2,1-5H3,(H,19,20,24)/b17-7+/t8-,9+,11+,12-/m0/s1. The molecule has 0 saturated carbocycles. The summed E-state index contributed by atoms with van der Waals surface area (Å²) in [6.07, 6.45) is 0.0758. The molecule has 10 nitrogen and oxygen atoms in total. The Balaban J connectivity index is 1.78. The Morgan fingerprint density at radius 2 is 2.15 bits per heavy atom. The summed E-state index contributed by atoms with van der Waals surface area (Å²) in [7, 11) is 1.84. The van der Waals surface area contributed by atoms with E-state index < -0.39 is 26.1 Å². The number of aliphatic imine (C=N–C) groups is 1. The van der Waals surface area contributed by atoms with E-state index in [0.717, 1.165) is 0 Å². The molecule has 2 aliphatic rings. The van der Waals surface area contributed by atoms with E-state index in [0.29, 0.717) is 17.9 Å². The van der Waals surface area contributed by atoms with Gasteiger partial charge in [-0.2, -0.15) is 4.98 Å². The number of hydrogen-bond acceptors (Lipinski definition) is 7. The van der Waals surface area contributed by atoms with Gasteiger partial charge in [-0.25, -0.2) is 9.98 Å². The summed E-state index contributed by atoms with van der Waals surface area (Å²) < 4.78 is 13.9. The maximum absolute atomic E-state index is 12.4. The fourth-order valence-corrected chi connectivity index (χ4v) is 4.67. The van der Waals surface area contributed by atoms with Crippen LogP contribution in [-0.4, -0.2) is 70.5 Å². The van der Waals surface area contributed by atoms with E-state index >= 15 is 0 Å². The van der Waals surface area contributed by atoms with Gasteiger partial charge in [0.15, 0.2) is 19.5 Å². The van der Waals surface area contributed by atoms with Gasteiger partial charge in [0, 0.05) is 20.5 Å². The molecule has 27 heavy (non-hydrogen) atoms. The molecule has 0 spiro atoms. The van der Waals surface area contributed by atoms with E-state index in [9.17, 15) is 9.90 Å². The van der Waals surface area contributed by atoms with Gasteiger partial charge in [0.25, 0.3) is 5.56 Å². The van der Waals surface area contributed by atoms with Gasteiger partial charge in [-0.05, 0) is 19.6 Å². The van der Waals surface area contributed by atoms with Gasteiger partial charge in [0.1, 0.15) is 24.3 Å². The topological polar surface area (TPSA) is 118 Å². The van der Waals surface area contributed by atoms with Crippen LogP contribution in [0.5, 0.6) is 0 Å². The van der Waals surface area contributed by atoms with Crippen LogP contribution in [0.1, 0.15) is 24.6 Å². The number of nitrogens with zero attached hydrogens (tertiary/aromatic N) is 5. The molecule has 1 saturated heterocycles. The number of aromatic nitrogens is 4. The summed E-state index contributed by atoms with van der Waals surface area (Å²) >= 11 is 0. The number of nitrogens with one attached hydrogen (secondary N) is 1. The normalized spacial score (nSPS) is 27.5. The molecule has 0 radical (unpaired) electrons. The van der Waals surface area contributed by atoms with Crippen molar-refractivity contribution in [3.8, 4) is 0 Å². The van der Waals surface area contributed by atoms with Crippen LogP contribution in [0.15, 0.2) is 9.79 Å². The van der Waals surface area contributed by atoms with Crippen molar-refractivity contribution in [1.82, 2.24) is 24.4 Å². The number of imidazole rings is 1. The molecule has 1 fully saturated rings. The SMILES string of the molecule is CN(C)/C=N/c1nc2c(nc3n2[C@H]2C[C@H](O[Si](C)(C)C)[C@H](O2)[C@H]3O)c(=O)[nH]1. The van der Waals surface area contributed by atoms with Crippen LogP contribution in [-0.2, 0) is 9.16 Å². The lowest BCUT2D eigenvalue weighted by molar-refractivity contribution is -0.108. The van der Waals surface area contributed by atoms with E-state index in [4.69, 9.17) is 9.16 Å². The molecule has 4 heterocycles. The first-order valence-corrected chi connectivity index (χ1v) is 12.3. The predicted molar refractivity (Wildman–Crippen MR) is 102 cm³/mol. The molecule has 4 rings (SSSR count). The Bertz CT molecular complexity index is 962. The van der Waals surface area contributed by atoms with E-state index in [-0.39, 0.29) is 23.8 Å². The summed E-state index contributed by atoms with van der Waals surface area (Å²) in [5.41, 5.74) is 0.133. The lowest BCUT2D eigenvalue weighted by atomic mass is 10.1. The maximum atomic E-state index is 12.4. The molecule has 2 bridgehead atoms. The van der Waals surface area contributed by atoms with Crippen LogP contribution in [0.2, 0.25) is 19.6 Å². The average Bonchev–Trinajstić information content (AvgIpc) is 3.10. The second-order valence-corrected chi connectivity index (χ2v) is 12.6. The second kappa shape index (κ2) is 6.23. The minimum absolute atomic E-state index is 0.173. The zero-order valence-electron chi connectivity index (χ0n) is 16.0. The summed E-state index contributed by atoms with van der Waals surface area (Å²) in [4.78, 5) is 29.7. The molecule has 0 aromatic carbocycles. The minimum atomic E-state index is -1.80. The summed E-state index contributed by atoms with van der Waals surface area (Å²) in [6.45, 7) is 6.31. The zero-order valence-corrected chi connectivity index (χ0v) is 17.0. The minimum Gasteiger partial charge on any atom is -0.412 e. The third-order valence-electron chi connectivity index (χ3n) is 4.46. The van der Waals surface area contributed by atoms with Gasteiger partial charge in [0.2, 0.25) is 5.95 Å². The first-order valence-electron chi connectivity index (χ1n) is 8.88. The number of hydrogen-bond donors (Lipinski definition) is 2. The third-order valence-corrected chi connectivity index (χ3v) is 5.47. The lowest BCUT2D eigenvalue weighted by Crippen LogP contribution is -2.40. The average molecular weight is 392 g/mol. The van der Waals surface area contributed by atoms with Gasteiger partial charge in [0.05, 0.1) is 12.4 Å². The fourth-order valence-electron chi connectivity index (χ4n) is 3.53. The predicted octanol–water partition coefficient (Wildman–Crippen LogP) is 0.896. The Hall–Kier alpha value is -2.08. The van der Waals surface area contributed by atoms with Crippen molar-refractivity contribution < 1.29 is 14.3 Å². The van der Waals surface area contributed by atoms with Crippen LogP contribution in [0.3, 0.4) is 0 Å². The summed E-state index contributed by atoms with van der Waals surface area (Å²) in [5.74, 6) is 0.563. The van der Waals surface area contributed by atoms with Crippen LogP contribution in [0.25, 0.3) is 11.2 Å². The monoisotopic (exact) mass is 392 g/mol. The number of ether oxygens (including phenoxy) is 1. The highest BCUT2D eigenvalue weighted by atomic mass is 28.4. The highest BCUT2D eigenvalue weighted by Gasteiger charge is 2.50.